The van der Waals surface area contributed by atoms with Crippen molar-refractivity contribution in [2.24, 2.45) is 0 Å². The predicted molar refractivity (Wildman–Crippen MR) is 158 cm³/mol. The fraction of sp³-hybridized carbons (Fsp3) is 0.917. The van der Waals surface area contributed by atoms with Gasteiger partial charge in [0.2, 0.25) is 0 Å². The SMILES string of the molecule is OC[C@H]1O[C@H](OCCNC(=S)NCCOCCOCCNC(=S)NCCO[C@H]2O[C@H](CO)[C@@H](O)[C@H](O)[C@@H]2O)[C@@H](O)[C@@H](O)[C@@H]1O. The van der Waals surface area contributed by atoms with Crippen molar-refractivity contribution >= 4 is 34.7 Å². The average Bonchev–Trinajstić information content (AvgIpc) is 3.01. The standard InChI is InChI=1S/C24H46N4O14S2/c29-11-13-15(31)17(33)19(35)21(41-13)39-7-3-27-23(43)25-1-5-37-9-10-38-6-2-26-24(44)28-4-8-40-22-20(36)18(34)16(32)14(12-30)42-22/h13-22,29-36H,1-12H2,(H2,25,27,43)(H2,26,28,44)/t13-,14-,15-,16-,17+,18+,19+,20+,21+,22+/m1/s1. The van der Waals surface area contributed by atoms with Crippen LogP contribution in [0.3, 0.4) is 0 Å². The van der Waals surface area contributed by atoms with E-state index in [1.165, 1.54) is 0 Å². The van der Waals surface area contributed by atoms with Crippen molar-refractivity contribution in [3.63, 3.8) is 0 Å². The van der Waals surface area contributed by atoms with E-state index in [0.717, 1.165) is 0 Å². The highest BCUT2D eigenvalue weighted by Gasteiger charge is 2.45. The summed E-state index contributed by atoms with van der Waals surface area (Å²) in [6.45, 7) is 2.03. The molecule has 2 saturated heterocycles. The fourth-order valence-corrected chi connectivity index (χ4v) is 4.42. The van der Waals surface area contributed by atoms with Crippen LogP contribution < -0.4 is 21.3 Å². The van der Waals surface area contributed by atoms with E-state index in [4.69, 9.17) is 52.9 Å². The molecule has 0 unspecified atom stereocenters. The third-order valence-electron chi connectivity index (χ3n) is 6.47. The number of rotatable bonds is 19. The Morgan fingerprint density at radius 2 is 0.841 bits per heavy atom. The minimum absolute atomic E-state index is 0.0773. The van der Waals surface area contributed by atoms with Gasteiger partial charge >= 0.3 is 0 Å². The lowest BCUT2D eigenvalue weighted by Crippen LogP contribution is -2.59. The smallest absolute Gasteiger partial charge is 0.186 e. The van der Waals surface area contributed by atoms with Gasteiger partial charge in [0.1, 0.15) is 48.8 Å². The van der Waals surface area contributed by atoms with E-state index in [1.807, 2.05) is 0 Å². The minimum Gasteiger partial charge on any atom is -0.394 e. The summed E-state index contributed by atoms with van der Waals surface area (Å²) in [5.74, 6) is 0. The normalized spacial score (nSPS) is 32.2. The highest BCUT2D eigenvalue weighted by Crippen LogP contribution is 2.22. The number of aliphatic hydroxyl groups excluding tert-OH is 8. The van der Waals surface area contributed by atoms with Crippen molar-refractivity contribution in [2.75, 3.05) is 79.0 Å². The van der Waals surface area contributed by atoms with Gasteiger partial charge < -0.3 is 90.5 Å². The van der Waals surface area contributed by atoms with Crippen molar-refractivity contribution in [2.45, 2.75) is 61.4 Å². The summed E-state index contributed by atoms with van der Waals surface area (Å²) in [6, 6.07) is 0. The highest BCUT2D eigenvalue weighted by molar-refractivity contribution is 7.80. The number of nitrogens with one attached hydrogen (secondary N) is 4. The van der Waals surface area contributed by atoms with Crippen molar-refractivity contribution < 1.29 is 69.3 Å². The second-order valence-corrected chi connectivity index (χ2v) is 10.5. The van der Waals surface area contributed by atoms with Gasteiger partial charge in [-0.2, -0.15) is 0 Å². The summed E-state index contributed by atoms with van der Waals surface area (Å²) in [6.07, 6.45) is -13.3. The van der Waals surface area contributed by atoms with Crippen molar-refractivity contribution in [1.82, 2.24) is 21.3 Å². The number of hydrogen-bond donors (Lipinski definition) is 12. The molecule has 2 aliphatic rings. The molecular weight excluding hydrogens is 632 g/mol. The molecule has 0 aliphatic carbocycles. The Morgan fingerprint density at radius 3 is 1.18 bits per heavy atom. The molecule has 0 aromatic heterocycles. The molecule has 2 heterocycles. The number of thiocarbonyl (C=S) groups is 2. The van der Waals surface area contributed by atoms with Gasteiger partial charge in [-0.3, -0.25) is 0 Å². The molecule has 2 aliphatic heterocycles. The van der Waals surface area contributed by atoms with E-state index >= 15 is 0 Å². The van der Waals surface area contributed by atoms with Gasteiger partial charge in [-0.05, 0) is 24.4 Å². The van der Waals surface area contributed by atoms with Crippen molar-refractivity contribution in [3.8, 4) is 0 Å². The van der Waals surface area contributed by atoms with Crippen LogP contribution in [-0.4, -0.2) is 192 Å². The molecule has 0 aromatic rings. The molecule has 258 valence electrons. The first-order valence-electron chi connectivity index (χ1n) is 14.1. The largest absolute Gasteiger partial charge is 0.394 e. The van der Waals surface area contributed by atoms with E-state index < -0.39 is 74.6 Å². The summed E-state index contributed by atoms with van der Waals surface area (Å²) in [4.78, 5) is 0. The van der Waals surface area contributed by atoms with Crippen molar-refractivity contribution in [1.29, 1.82) is 0 Å². The summed E-state index contributed by atoms with van der Waals surface area (Å²) >= 11 is 10.3. The summed E-state index contributed by atoms with van der Waals surface area (Å²) in [7, 11) is 0. The first kappa shape index (κ1) is 39.0. The molecule has 0 aromatic carbocycles. The van der Waals surface area contributed by atoms with Crippen LogP contribution in [0, 0.1) is 0 Å². The molecule has 20 heteroatoms. The van der Waals surface area contributed by atoms with Crippen LogP contribution in [0.2, 0.25) is 0 Å². The first-order valence-corrected chi connectivity index (χ1v) is 15.0. The molecule has 2 rings (SSSR count). The zero-order valence-corrected chi connectivity index (χ0v) is 25.7. The first-order chi connectivity index (χ1) is 21.1. The van der Waals surface area contributed by atoms with Crippen LogP contribution in [0.25, 0.3) is 0 Å². The van der Waals surface area contributed by atoms with Gasteiger partial charge in [0.25, 0.3) is 0 Å². The molecule has 2 fully saturated rings. The van der Waals surface area contributed by atoms with Gasteiger partial charge in [0.05, 0.1) is 52.9 Å². The lowest BCUT2D eigenvalue weighted by molar-refractivity contribution is -0.300. The van der Waals surface area contributed by atoms with E-state index in [0.29, 0.717) is 49.7 Å². The second kappa shape index (κ2) is 21.6. The Balaban J connectivity index is 1.37. The molecule has 10 atom stereocenters. The van der Waals surface area contributed by atoms with Crippen LogP contribution in [-0.2, 0) is 28.4 Å². The highest BCUT2D eigenvalue weighted by atomic mass is 32.1. The topological polar surface area (TPSA) is 265 Å². The maximum absolute atomic E-state index is 9.94. The summed E-state index contributed by atoms with van der Waals surface area (Å²) < 4.78 is 32.2. The summed E-state index contributed by atoms with van der Waals surface area (Å²) in [5, 5.41) is 89.8. The Bertz CT molecular complexity index is 759. The number of ether oxygens (including phenoxy) is 6. The zero-order chi connectivity index (χ0) is 32.5. The number of aliphatic hydroxyl groups is 8. The average molecular weight is 679 g/mol. The molecule has 0 radical (unpaired) electrons. The Hall–Kier alpha value is -1.18. The van der Waals surface area contributed by atoms with Crippen LogP contribution in [0.4, 0.5) is 0 Å². The van der Waals surface area contributed by atoms with Crippen LogP contribution in [0.15, 0.2) is 0 Å². The van der Waals surface area contributed by atoms with Crippen LogP contribution in [0.1, 0.15) is 0 Å². The third-order valence-corrected chi connectivity index (χ3v) is 7.05. The quantitative estimate of drug-likeness (QED) is 0.0447. The second-order valence-electron chi connectivity index (χ2n) is 9.73. The Labute approximate surface area is 265 Å². The van der Waals surface area contributed by atoms with Crippen molar-refractivity contribution in [3.05, 3.63) is 0 Å². The van der Waals surface area contributed by atoms with Crippen LogP contribution >= 0.6 is 24.4 Å². The van der Waals surface area contributed by atoms with Gasteiger partial charge in [0.15, 0.2) is 22.8 Å². The molecule has 44 heavy (non-hydrogen) atoms. The fourth-order valence-electron chi connectivity index (χ4n) is 4.01. The lowest BCUT2D eigenvalue weighted by atomic mass is 9.99. The van der Waals surface area contributed by atoms with Crippen LogP contribution in [0.5, 0.6) is 0 Å². The maximum atomic E-state index is 9.94. The Morgan fingerprint density at radius 1 is 0.500 bits per heavy atom. The Kier molecular flexibility index (Phi) is 19.1. The number of hydrogen-bond acceptors (Lipinski definition) is 16. The van der Waals surface area contributed by atoms with Gasteiger partial charge in [-0.25, -0.2) is 0 Å². The zero-order valence-electron chi connectivity index (χ0n) is 24.1. The molecular formula is C24H46N4O14S2. The molecule has 0 spiro atoms. The molecule has 12 N–H and O–H groups in total. The van der Waals surface area contributed by atoms with Gasteiger partial charge in [-0.1, -0.05) is 0 Å². The van der Waals surface area contributed by atoms with E-state index in [-0.39, 0.29) is 26.3 Å². The predicted octanol–water partition coefficient (Wildman–Crippen LogP) is -6.42. The molecule has 0 amide bonds. The molecule has 18 nitrogen and oxygen atoms in total. The third kappa shape index (κ3) is 13.3. The molecule has 0 saturated carbocycles. The van der Waals surface area contributed by atoms with E-state index in [1.54, 1.807) is 0 Å². The van der Waals surface area contributed by atoms with E-state index in [9.17, 15) is 40.9 Å². The lowest BCUT2D eigenvalue weighted by Gasteiger charge is -2.39. The monoisotopic (exact) mass is 678 g/mol. The van der Waals surface area contributed by atoms with Gasteiger partial charge in [-0.15, -0.1) is 0 Å². The van der Waals surface area contributed by atoms with E-state index in [2.05, 4.69) is 21.3 Å². The van der Waals surface area contributed by atoms with Gasteiger partial charge in [0, 0.05) is 26.2 Å². The maximum Gasteiger partial charge on any atom is 0.186 e. The summed E-state index contributed by atoms with van der Waals surface area (Å²) in [5.41, 5.74) is 0. The minimum atomic E-state index is -1.50. The molecule has 0 bridgehead atoms.